The maximum absolute atomic E-state index is 11.6. The van der Waals surface area contributed by atoms with Gasteiger partial charge in [0.15, 0.2) is 5.60 Å². The average Bonchev–Trinajstić information content (AvgIpc) is 2.74. The molecule has 1 aromatic carbocycles. The van der Waals surface area contributed by atoms with E-state index in [1.165, 1.54) is 13.2 Å². The zero-order valence-electron chi connectivity index (χ0n) is 11.3. The molecular formula is C15H14O6. The predicted molar refractivity (Wildman–Crippen MR) is 71.2 cm³/mol. The number of carbonyl (C=O) groups is 2. The Morgan fingerprint density at radius 1 is 1.48 bits per heavy atom. The van der Waals surface area contributed by atoms with E-state index in [0.717, 1.165) is 0 Å². The standard InChI is InChI=1S/C15H14O6/c1-20-13(17)9-4-2-3-8(5-9)10-6-15(19)7-11(12(10)16)21-14(15)18/h2-6,11-12,16,19H,7H2,1H3/t11-,12-,15+/m1/s1. The molecule has 0 aromatic heterocycles. The molecule has 0 unspecified atom stereocenters. The van der Waals surface area contributed by atoms with Crippen molar-refractivity contribution in [3.05, 3.63) is 41.5 Å². The van der Waals surface area contributed by atoms with E-state index in [9.17, 15) is 19.8 Å². The highest BCUT2D eigenvalue weighted by atomic mass is 16.6. The summed E-state index contributed by atoms with van der Waals surface area (Å²) in [6.07, 6.45) is -0.471. The first-order valence-corrected chi connectivity index (χ1v) is 6.47. The molecule has 1 heterocycles. The van der Waals surface area contributed by atoms with Crippen molar-refractivity contribution < 1.29 is 29.3 Å². The zero-order valence-corrected chi connectivity index (χ0v) is 11.3. The van der Waals surface area contributed by atoms with Crippen LogP contribution in [0, 0.1) is 0 Å². The molecule has 2 aliphatic rings. The van der Waals surface area contributed by atoms with Gasteiger partial charge in [0.2, 0.25) is 0 Å². The number of esters is 2. The molecule has 3 rings (SSSR count). The molecule has 1 aromatic rings. The molecular weight excluding hydrogens is 276 g/mol. The molecule has 1 fully saturated rings. The number of carbonyl (C=O) groups excluding carboxylic acids is 2. The molecule has 21 heavy (non-hydrogen) atoms. The van der Waals surface area contributed by atoms with Crippen molar-refractivity contribution in [1.82, 2.24) is 0 Å². The fourth-order valence-electron chi connectivity index (χ4n) is 2.71. The SMILES string of the molecule is COC(=O)c1cccc(C2=C[C@]3(O)C[C@@H](OC3=O)[C@@H]2O)c1. The molecule has 0 saturated carbocycles. The van der Waals surface area contributed by atoms with Crippen molar-refractivity contribution in [2.45, 2.75) is 24.2 Å². The van der Waals surface area contributed by atoms with Gasteiger partial charge in [-0.05, 0) is 29.3 Å². The van der Waals surface area contributed by atoms with Crippen LogP contribution in [0.25, 0.3) is 5.57 Å². The van der Waals surface area contributed by atoms with Gasteiger partial charge in [-0.2, -0.15) is 0 Å². The molecule has 0 spiro atoms. The lowest BCUT2D eigenvalue weighted by atomic mass is 9.82. The Morgan fingerprint density at radius 2 is 2.24 bits per heavy atom. The molecule has 0 amide bonds. The molecule has 1 aliphatic heterocycles. The van der Waals surface area contributed by atoms with E-state index in [0.29, 0.717) is 16.7 Å². The molecule has 1 saturated heterocycles. The normalized spacial score (nSPS) is 30.6. The number of benzene rings is 1. The van der Waals surface area contributed by atoms with Gasteiger partial charge in [0.05, 0.1) is 12.7 Å². The van der Waals surface area contributed by atoms with Crippen LogP contribution in [0.15, 0.2) is 30.3 Å². The van der Waals surface area contributed by atoms with E-state index in [4.69, 9.17) is 4.74 Å². The Kier molecular flexibility index (Phi) is 3.07. The van der Waals surface area contributed by atoms with Crippen molar-refractivity contribution in [2.24, 2.45) is 0 Å². The van der Waals surface area contributed by atoms with Gasteiger partial charge < -0.3 is 19.7 Å². The summed E-state index contributed by atoms with van der Waals surface area (Å²) in [7, 11) is 1.28. The first-order valence-electron chi connectivity index (χ1n) is 6.47. The highest BCUT2D eigenvalue weighted by Gasteiger charge is 2.53. The van der Waals surface area contributed by atoms with Crippen molar-refractivity contribution in [3.63, 3.8) is 0 Å². The van der Waals surface area contributed by atoms with E-state index in [1.54, 1.807) is 24.3 Å². The number of aliphatic hydroxyl groups excluding tert-OH is 1. The zero-order chi connectivity index (χ0) is 15.2. The van der Waals surface area contributed by atoms with Gasteiger partial charge in [-0.25, -0.2) is 9.59 Å². The van der Waals surface area contributed by atoms with Crippen molar-refractivity contribution in [1.29, 1.82) is 0 Å². The predicted octanol–water partition coefficient (Wildman–Crippen LogP) is 0.278. The molecule has 6 heteroatoms. The van der Waals surface area contributed by atoms with E-state index >= 15 is 0 Å². The third kappa shape index (κ3) is 2.12. The van der Waals surface area contributed by atoms with Crippen LogP contribution >= 0.6 is 0 Å². The van der Waals surface area contributed by atoms with Crippen molar-refractivity contribution in [3.8, 4) is 0 Å². The minimum absolute atomic E-state index is 0.0349. The Balaban J connectivity index is 2.04. The van der Waals surface area contributed by atoms with Crippen LogP contribution in [0.1, 0.15) is 22.3 Å². The fourth-order valence-corrected chi connectivity index (χ4v) is 2.71. The van der Waals surface area contributed by atoms with Gasteiger partial charge in [0.1, 0.15) is 12.2 Å². The van der Waals surface area contributed by atoms with Gasteiger partial charge in [-0.15, -0.1) is 0 Å². The summed E-state index contributed by atoms with van der Waals surface area (Å²) in [4.78, 5) is 23.2. The van der Waals surface area contributed by atoms with E-state index < -0.39 is 29.7 Å². The topological polar surface area (TPSA) is 93.1 Å². The van der Waals surface area contributed by atoms with Crippen LogP contribution < -0.4 is 0 Å². The first kappa shape index (κ1) is 13.8. The van der Waals surface area contributed by atoms with Crippen LogP contribution in [0.2, 0.25) is 0 Å². The number of ether oxygens (including phenoxy) is 2. The van der Waals surface area contributed by atoms with Crippen molar-refractivity contribution in [2.75, 3.05) is 7.11 Å². The van der Waals surface area contributed by atoms with Gasteiger partial charge >= 0.3 is 11.9 Å². The lowest BCUT2D eigenvalue weighted by molar-refractivity contribution is -0.152. The molecule has 1 aliphatic carbocycles. The smallest absolute Gasteiger partial charge is 0.342 e. The minimum Gasteiger partial charge on any atom is -0.465 e. The molecule has 2 bridgehead atoms. The second-order valence-corrected chi connectivity index (χ2v) is 5.19. The molecule has 110 valence electrons. The summed E-state index contributed by atoms with van der Waals surface area (Å²) in [5.41, 5.74) is -0.488. The van der Waals surface area contributed by atoms with Gasteiger partial charge in [0.25, 0.3) is 0 Å². The number of fused-ring (bicyclic) bond motifs is 2. The molecule has 3 atom stereocenters. The van der Waals surface area contributed by atoms with Crippen LogP contribution in [0.4, 0.5) is 0 Å². The Labute approximate surface area is 120 Å². The third-order valence-electron chi connectivity index (χ3n) is 3.81. The van der Waals surface area contributed by atoms with Crippen LogP contribution in [0.3, 0.4) is 0 Å². The van der Waals surface area contributed by atoms with Crippen LogP contribution in [-0.4, -0.2) is 47.1 Å². The Hall–Kier alpha value is -2.18. The minimum atomic E-state index is -1.71. The third-order valence-corrected chi connectivity index (χ3v) is 3.81. The maximum atomic E-state index is 11.6. The maximum Gasteiger partial charge on any atom is 0.342 e. The summed E-state index contributed by atoms with van der Waals surface area (Å²) < 4.78 is 9.62. The highest BCUT2D eigenvalue weighted by molar-refractivity contribution is 5.93. The lowest BCUT2D eigenvalue weighted by Crippen LogP contribution is -2.37. The summed E-state index contributed by atoms with van der Waals surface area (Å²) >= 11 is 0. The number of methoxy groups -OCH3 is 1. The van der Waals surface area contributed by atoms with E-state index in [1.807, 2.05) is 0 Å². The summed E-state index contributed by atoms with van der Waals surface area (Å²) in [5, 5.41) is 20.5. The fraction of sp³-hybridized carbons (Fsp3) is 0.333. The number of aliphatic hydroxyl groups is 2. The number of rotatable bonds is 2. The monoisotopic (exact) mass is 290 g/mol. The molecule has 0 radical (unpaired) electrons. The second kappa shape index (κ2) is 4.68. The average molecular weight is 290 g/mol. The van der Waals surface area contributed by atoms with Gasteiger partial charge in [-0.3, -0.25) is 0 Å². The largest absolute Gasteiger partial charge is 0.465 e. The quantitative estimate of drug-likeness (QED) is 0.760. The van der Waals surface area contributed by atoms with Crippen LogP contribution in [0.5, 0.6) is 0 Å². The number of hydrogen-bond donors (Lipinski definition) is 2. The summed E-state index contributed by atoms with van der Waals surface area (Å²) in [5.74, 6) is -1.26. The Bertz CT molecular complexity index is 649. The van der Waals surface area contributed by atoms with Crippen LogP contribution in [-0.2, 0) is 14.3 Å². The summed E-state index contributed by atoms with van der Waals surface area (Å²) in [6.45, 7) is 0. The van der Waals surface area contributed by atoms with Crippen molar-refractivity contribution >= 4 is 17.5 Å². The molecule has 6 nitrogen and oxygen atoms in total. The Morgan fingerprint density at radius 3 is 2.95 bits per heavy atom. The van der Waals surface area contributed by atoms with E-state index in [2.05, 4.69) is 4.74 Å². The lowest BCUT2D eigenvalue weighted by Gasteiger charge is -2.26. The summed E-state index contributed by atoms with van der Waals surface area (Å²) in [6, 6.07) is 6.44. The molecule has 2 N–H and O–H groups in total. The second-order valence-electron chi connectivity index (χ2n) is 5.19. The van der Waals surface area contributed by atoms with Gasteiger partial charge in [-0.1, -0.05) is 12.1 Å². The highest BCUT2D eigenvalue weighted by Crippen LogP contribution is 2.40. The van der Waals surface area contributed by atoms with Gasteiger partial charge in [0, 0.05) is 6.42 Å². The van der Waals surface area contributed by atoms with E-state index in [-0.39, 0.29) is 6.42 Å². The first-order chi connectivity index (χ1) is 9.94. The number of hydrogen-bond acceptors (Lipinski definition) is 6.